The predicted molar refractivity (Wildman–Crippen MR) is 74.1 cm³/mol. The molecule has 1 aliphatic rings. The number of aliphatic hydroxyl groups excluding tert-OH is 1. The fourth-order valence-electron chi connectivity index (χ4n) is 2.75. The van der Waals surface area contributed by atoms with E-state index in [2.05, 4.69) is 0 Å². The summed E-state index contributed by atoms with van der Waals surface area (Å²) in [5, 5.41) is 18.0. The Morgan fingerprint density at radius 2 is 2.00 bits per heavy atom. The van der Waals surface area contributed by atoms with Gasteiger partial charge in [-0.1, -0.05) is 19.1 Å². The Labute approximate surface area is 118 Å². The van der Waals surface area contributed by atoms with Crippen molar-refractivity contribution in [2.45, 2.75) is 18.1 Å². The Kier molecular flexibility index (Phi) is 3.76. The summed E-state index contributed by atoms with van der Waals surface area (Å²) in [5.41, 5.74) is -0.480. The Hall–Kier alpha value is -1.58. The van der Waals surface area contributed by atoms with Gasteiger partial charge in [0.2, 0.25) is 0 Å². The third-order valence-corrected chi connectivity index (χ3v) is 6.26. The molecular formula is C14H17NO4S. The molecule has 5 nitrogen and oxygen atoms in total. The van der Waals surface area contributed by atoms with Crippen LogP contribution in [-0.2, 0) is 9.84 Å². The van der Waals surface area contributed by atoms with Crippen LogP contribution in [0.2, 0.25) is 0 Å². The molecule has 1 saturated carbocycles. The van der Waals surface area contributed by atoms with Gasteiger partial charge in [-0.25, -0.2) is 8.42 Å². The lowest BCUT2D eigenvalue weighted by atomic mass is 10.0. The first-order valence-electron chi connectivity index (χ1n) is 6.34. The van der Waals surface area contributed by atoms with Gasteiger partial charge in [0.1, 0.15) is 11.2 Å². The van der Waals surface area contributed by atoms with Crippen LogP contribution in [0.25, 0.3) is 0 Å². The molecule has 1 aromatic carbocycles. The number of methoxy groups -OCH3 is 1. The van der Waals surface area contributed by atoms with E-state index in [4.69, 9.17) is 4.74 Å². The summed E-state index contributed by atoms with van der Waals surface area (Å²) in [6.45, 7) is 1.10. The second-order valence-electron chi connectivity index (χ2n) is 4.93. The number of hydrogen-bond donors (Lipinski definition) is 1. The molecule has 0 bridgehead atoms. The zero-order chi connectivity index (χ0) is 15.0. The van der Waals surface area contributed by atoms with E-state index < -0.39 is 33.0 Å². The van der Waals surface area contributed by atoms with Gasteiger partial charge in [0, 0.05) is 11.7 Å². The van der Waals surface area contributed by atoms with E-state index >= 15 is 0 Å². The maximum atomic E-state index is 12.1. The van der Waals surface area contributed by atoms with Gasteiger partial charge < -0.3 is 9.84 Å². The minimum absolute atomic E-state index is 0.0340. The molecule has 1 fully saturated rings. The van der Waals surface area contributed by atoms with Crippen LogP contribution in [0.4, 0.5) is 0 Å². The number of hydrogen-bond acceptors (Lipinski definition) is 5. The molecular weight excluding hydrogens is 278 g/mol. The second-order valence-corrected chi connectivity index (χ2v) is 7.34. The van der Waals surface area contributed by atoms with Crippen molar-refractivity contribution < 1.29 is 18.3 Å². The molecule has 0 spiro atoms. The molecule has 0 amide bonds. The predicted octanol–water partition coefficient (Wildman–Crippen LogP) is 1.10. The average Bonchev–Trinajstić information content (AvgIpc) is 3.18. The van der Waals surface area contributed by atoms with Crippen molar-refractivity contribution in [3.8, 4) is 11.8 Å². The van der Waals surface area contributed by atoms with Crippen LogP contribution < -0.4 is 4.74 Å². The van der Waals surface area contributed by atoms with Crippen molar-refractivity contribution in [2.75, 3.05) is 19.5 Å². The van der Waals surface area contributed by atoms with Crippen molar-refractivity contribution in [1.82, 2.24) is 0 Å². The van der Waals surface area contributed by atoms with Crippen LogP contribution in [0.5, 0.6) is 5.75 Å². The molecule has 0 unspecified atom stereocenters. The standard InChI is InChI=1S/C14H17NO4S/c1-3-20(17,18)13-12(14(13,8-15)9-16)10-4-6-11(19-2)7-5-10/h4-7,12-13,16H,3,9H2,1-2H3/t12-,13+,14+/m0/s1. The van der Waals surface area contributed by atoms with Crippen LogP contribution in [0.1, 0.15) is 18.4 Å². The summed E-state index contributed by atoms with van der Waals surface area (Å²) < 4.78 is 29.3. The van der Waals surface area contributed by atoms with Gasteiger partial charge in [-0.3, -0.25) is 0 Å². The maximum Gasteiger partial charge on any atom is 0.155 e. The van der Waals surface area contributed by atoms with E-state index in [1.807, 2.05) is 6.07 Å². The van der Waals surface area contributed by atoms with Crippen molar-refractivity contribution >= 4 is 9.84 Å². The molecule has 108 valence electrons. The Morgan fingerprint density at radius 1 is 1.40 bits per heavy atom. The van der Waals surface area contributed by atoms with Crippen molar-refractivity contribution in [3.05, 3.63) is 29.8 Å². The van der Waals surface area contributed by atoms with Gasteiger partial charge in [0.15, 0.2) is 9.84 Å². The summed E-state index contributed by atoms with van der Waals surface area (Å²) in [6, 6.07) is 8.95. The van der Waals surface area contributed by atoms with Gasteiger partial charge in [-0.2, -0.15) is 5.26 Å². The lowest BCUT2D eigenvalue weighted by Crippen LogP contribution is -2.19. The SMILES string of the molecule is CCS(=O)(=O)[C@@H]1[C@H](c2ccc(OC)cc2)[C@@]1(C#N)CO. The fourth-order valence-corrected chi connectivity index (χ4v) is 4.76. The number of aliphatic hydroxyl groups is 1. The monoisotopic (exact) mass is 295 g/mol. The van der Waals surface area contributed by atoms with E-state index in [1.54, 1.807) is 38.3 Å². The summed E-state index contributed by atoms with van der Waals surface area (Å²) in [4.78, 5) is 0. The van der Waals surface area contributed by atoms with Crippen LogP contribution >= 0.6 is 0 Å². The molecule has 6 heteroatoms. The van der Waals surface area contributed by atoms with Crippen LogP contribution in [-0.4, -0.2) is 38.2 Å². The number of nitrogens with zero attached hydrogens (tertiary/aromatic N) is 1. The van der Waals surface area contributed by atoms with E-state index in [0.29, 0.717) is 5.75 Å². The number of nitriles is 1. The quantitative estimate of drug-likeness (QED) is 0.879. The lowest BCUT2D eigenvalue weighted by molar-refractivity contribution is 0.242. The molecule has 1 N–H and O–H groups in total. The normalized spacial score (nSPS) is 28.7. The highest BCUT2D eigenvalue weighted by Gasteiger charge is 2.71. The molecule has 0 saturated heterocycles. The zero-order valence-electron chi connectivity index (χ0n) is 11.4. The molecule has 0 heterocycles. The summed E-state index contributed by atoms with van der Waals surface area (Å²) in [6.07, 6.45) is 0. The van der Waals surface area contributed by atoms with E-state index in [9.17, 15) is 18.8 Å². The van der Waals surface area contributed by atoms with Crippen molar-refractivity contribution in [2.24, 2.45) is 5.41 Å². The molecule has 0 aliphatic heterocycles. The smallest absolute Gasteiger partial charge is 0.155 e. The molecule has 0 radical (unpaired) electrons. The molecule has 20 heavy (non-hydrogen) atoms. The van der Waals surface area contributed by atoms with Crippen molar-refractivity contribution in [3.63, 3.8) is 0 Å². The van der Waals surface area contributed by atoms with Gasteiger partial charge in [0.25, 0.3) is 0 Å². The molecule has 1 aliphatic carbocycles. The van der Waals surface area contributed by atoms with Crippen LogP contribution in [0, 0.1) is 16.7 Å². The first-order valence-corrected chi connectivity index (χ1v) is 8.06. The summed E-state index contributed by atoms with van der Waals surface area (Å²) in [7, 11) is -1.84. The van der Waals surface area contributed by atoms with E-state index in [1.165, 1.54) is 0 Å². The zero-order valence-corrected chi connectivity index (χ0v) is 12.2. The first-order chi connectivity index (χ1) is 9.46. The number of ether oxygens (including phenoxy) is 1. The minimum Gasteiger partial charge on any atom is -0.497 e. The third-order valence-electron chi connectivity index (χ3n) is 3.99. The Bertz CT molecular complexity index is 632. The van der Waals surface area contributed by atoms with Gasteiger partial charge in [-0.15, -0.1) is 0 Å². The van der Waals surface area contributed by atoms with Crippen molar-refractivity contribution in [1.29, 1.82) is 5.26 Å². The average molecular weight is 295 g/mol. The van der Waals surface area contributed by atoms with Crippen LogP contribution in [0.15, 0.2) is 24.3 Å². The highest BCUT2D eigenvalue weighted by Crippen LogP contribution is 2.62. The van der Waals surface area contributed by atoms with Crippen LogP contribution in [0.3, 0.4) is 0 Å². The minimum atomic E-state index is -3.38. The number of benzene rings is 1. The Balaban J connectivity index is 2.42. The largest absolute Gasteiger partial charge is 0.497 e. The lowest BCUT2D eigenvalue weighted by Gasteiger charge is -2.04. The maximum absolute atomic E-state index is 12.1. The molecule has 3 atom stereocenters. The van der Waals surface area contributed by atoms with Gasteiger partial charge in [-0.05, 0) is 17.7 Å². The summed E-state index contributed by atoms with van der Waals surface area (Å²) in [5.74, 6) is 0.150. The molecule has 2 rings (SSSR count). The van der Waals surface area contributed by atoms with Gasteiger partial charge >= 0.3 is 0 Å². The first kappa shape index (κ1) is 14.8. The number of sulfone groups is 1. The molecule has 1 aromatic rings. The Morgan fingerprint density at radius 3 is 2.40 bits per heavy atom. The van der Waals surface area contributed by atoms with E-state index in [-0.39, 0.29) is 5.75 Å². The summed E-state index contributed by atoms with van der Waals surface area (Å²) >= 11 is 0. The highest BCUT2D eigenvalue weighted by atomic mass is 32.2. The fraction of sp³-hybridized carbons (Fsp3) is 0.500. The number of rotatable bonds is 5. The second kappa shape index (κ2) is 5.08. The van der Waals surface area contributed by atoms with Gasteiger partial charge in [0.05, 0.1) is 25.0 Å². The third kappa shape index (κ3) is 2.07. The highest BCUT2D eigenvalue weighted by molar-refractivity contribution is 7.92. The topological polar surface area (TPSA) is 87.4 Å². The molecule has 0 aromatic heterocycles. The van der Waals surface area contributed by atoms with E-state index in [0.717, 1.165) is 5.56 Å².